The molecule has 0 atom stereocenters. The number of hydrogen-bond donors (Lipinski definition) is 0. The molecule has 1 saturated heterocycles. The summed E-state index contributed by atoms with van der Waals surface area (Å²) in [6.45, 7) is 4.35. The van der Waals surface area contributed by atoms with E-state index in [1.54, 1.807) is 29.6 Å². The minimum atomic E-state index is 0.493. The van der Waals surface area contributed by atoms with E-state index in [9.17, 15) is 5.26 Å². The van der Waals surface area contributed by atoms with E-state index in [-0.39, 0.29) is 0 Å². The number of aryl methyl sites for hydroxylation is 1. The predicted molar refractivity (Wildman–Crippen MR) is 150 cm³/mol. The van der Waals surface area contributed by atoms with Crippen molar-refractivity contribution in [1.29, 1.82) is 5.26 Å². The third-order valence-corrected chi connectivity index (χ3v) is 7.22. The van der Waals surface area contributed by atoms with Crippen molar-refractivity contribution in [2.45, 2.75) is 6.54 Å². The van der Waals surface area contributed by atoms with Crippen LogP contribution in [0.15, 0.2) is 61.4 Å². The summed E-state index contributed by atoms with van der Waals surface area (Å²) < 4.78 is 14.2. The second kappa shape index (κ2) is 10.7. The Hall–Kier alpha value is -4.95. The molecule has 0 unspecified atom stereocenters. The van der Waals surface area contributed by atoms with E-state index >= 15 is 0 Å². The van der Waals surface area contributed by atoms with Gasteiger partial charge < -0.3 is 14.4 Å². The number of aromatic nitrogens is 6. The van der Waals surface area contributed by atoms with Crippen molar-refractivity contribution in [1.82, 2.24) is 34.3 Å². The lowest BCUT2D eigenvalue weighted by Crippen LogP contribution is -2.46. The molecule has 0 spiro atoms. The number of nitrogens with zero attached hydrogens (tertiary/aromatic N) is 9. The van der Waals surface area contributed by atoms with E-state index in [0.29, 0.717) is 17.2 Å². The minimum Gasteiger partial charge on any atom is -0.491 e. The number of piperazine rings is 1. The van der Waals surface area contributed by atoms with E-state index < -0.39 is 0 Å². The Morgan fingerprint density at radius 2 is 1.73 bits per heavy atom. The van der Waals surface area contributed by atoms with E-state index in [2.05, 4.69) is 49.2 Å². The number of nitriles is 1. The molecule has 1 aliphatic heterocycles. The largest absolute Gasteiger partial charge is 0.491 e. The molecule has 1 fully saturated rings. The van der Waals surface area contributed by atoms with Crippen LogP contribution in [0, 0.1) is 11.3 Å². The normalized spacial score (nSPS) is 13.9. The Morgan fingerprint density at radius 1 is 0.875 bits per heavy atom. The van der Waals surface area contributed by atoms with Crippen LogP contribution in [0.4, 0.5) is 5.82 Å². The number of methoxy groups -OCH3 is 2. The standard InChI is InChI=1S/C29H29N9O2/c1-35-18-24(16-33-35)22-11-25(28-23(12-30)15-34-38(28)19-22)21-4-5-27(31-14-21)37-8-6-36(7-9-37)17-20-10-26(39-2)29(40-3)32-13-20/h4-5,10-11,13-16,18-19H,6-9,17H2,1-3H3. The van der Waals surface area contributed by atoms with Crippen molar-refractivity contribution in [2.75, 3.05) is 45.3 Å². The van der Waals surface area contributed by atoms with Gasteiger partial charge in [-0.2, -0.15) is 15.5 Å². The van der Waals surface area contributed by atoms with Gasteiger partial charge in [-0.15, -0.1) is 0 Å². The molecule has 5 aromatic rings. The molecule has 6 heterocycles. The fraction of sp³-hybridized carbons (Fsp3) is 0.276. The summed E-state index contributed by atoms with van der Waals surface area (Å²) in [5.74, 6) is 2.07. The molecule has 11 nitrogen and oxygen atoms in total. The summed E-state index contributed by atoms with van der Waals surface area (Å²) in [4.78, 5) is 13.9. The minimum absolute atomic E-state index is 0.493. The molecule has 0 aromatic carbocycles. The molecular formula is C29H29N9O2. The summed E-state index contributed by atoms with van der Waals surface area (Å²) in [5, 5.41) is 18.4. The Balaban J connectivity index is 1.19. The first-order chi connectivity index (χ1) is 19.6. The van der Waals surface area contributed by atoms with Crippen LogP contribution in [-0.4, -0.2) is 74.7 Å². The lowest BCUT2D eigenvalue weighted by molar-refractivity contribution is 0.248. The summed E-state index contributed by atoms with van der Waals surface area (Å²) in [5.41, 5.74) is 6.16. The van der Waals surface area contributed by atoms with Gasteiger partial charge in [0.2, 0.25) is 0 Å². The Kier molecular flexibility index (Phi) is 6.76. The molecule has 0 N–H and O–H groups in total. The zero-order chi connectivity index (χ0) is 27.6. The first kappa shape index (κ1) is 25.3. The van der Waals surface area contributed by atoms with Crippen molar-refractivity contribution in [3.05, 3.63) is 72.6 Å². The highest BCUT2D eigenvalue weighted by molar-refractivity contribution is 5.87. The maximum absolute atomic E-state index is 9.71. The van der Waals surface area contributed by atoms with Crippen LogP contribution in [0.2, 0.25) is 0 Å². The topological polar surface area (TPSA) is 110 Å². The smallest absolute Gasteiger partial charge is 0.256 e. The first-order valence-electron chi connectivity index (χ1n) is 13.0. The average molecular weight is 536 g/mol. The van der Waals surface area contributed by atoms with Crippen molar-refractivity contribution < 1.29 is 9.47 Å². The van der Waals surface area contributed by atoms with Crippen LogP contribution >= 0.6 is 0 Å². The van der Waals surface area contributed by atoms with Gasteiger partial charge in [-0.05, 0) is 29.8 Å². The zero-order valence-electron chi connectivity index (χ0n) is 22.7. The molecule has 0 saturated carbocycles. The first-order valence-corrected chi connectivity index (χ1v) is 13.0. The molecule has 1 aliphatic rings. The molecule has 11 heteroatoms. The third kappa shape index (κ3) is 4.81. The number of pyridine rings is 3. The molecule has 0 radical (unpaired) electrons. The Labute approximate surface area is 231 Å². The van der Waals surface area contributed by atoms with Crippen molar-refractivity contribution >= 4 is 11.3 Å². The third-order valence-electron chi connectivity index (χ3n) is 7.22. The predicted octanol–water partition coefficient (Wildman–Crippen LogP) is 3.40. The van der Waals surface area contributed by atoms with Gasteiger partial charge in [-0.3, -0.25) is 9.58 Å². The Morgan fingerprint density at radius 3 is 2.40 bits per heavy atom. The highest BCUT2D eigenvalue weighted by Crippen LogP contribution is 2.32. The molecule has 202 valence electrons. The second-order valence-electron chi connectivity index (χ2n) is 9.73. The average Bonchev–Trinajstić information content (AvgIpc) is 3.63. The highest BCUT2D eigenvalue weighted by Gasteiger charge is 2.20. The SMILES string of the molecule is COc1cc(CN2CCN(c3ccc(-c4cc(-c5cnn(C)c5)cn5ncc(C#N)c45)cn3)CC2)cnc1OC. The summed E-state index contributed by atoms with van der Waals surface area (Å²) in [7, 11) is 5.10. The van der Waals surface area contributed by atoms with E-state index in [1.807, 2.05) is 44.1 Å². The number of anilines is 1. The summed E-state index contributed by atoms with van der Waals surface area (Å²) in [6, 6.07) is 10.5. The highest BCUT2D eigenvalue weighted by atomic mass is 16.5. The number of rotatable bonds is 7. The molecule has 5 aromatic heterocycles. The Bertz CT molecular complexity index is 1690. The van der Waals surface area contributed by atoms with Gasteiger partial charge in [-0.1, -0.05) is 0 Å². The maximum Gasteiger partial charge on any atom is 0.256 e. The number of fused-ring (bicyclic) bond motifs is 1. The van der Waals surface area contributed by atoms with E-state index in [1.165, 1.54) is 0 Å². The van der Waals surface area contributed by atoms with Gasteiger partial charge in [0.05, 0.1) is 37.7 Å². The quantitative estimate of drug-likeness (QED) is 0.310. The second-order valence-corrected chi connectivity index (χ2v) is 9.73. The van der Waals surface area contributed by atoms with E-state index in [0.717, 1.165) is 71.9 Å². The lowest BCUT2D eigenvalue weighted by atomic mass is 10.0. The zero-order valence-corrected chi connectivity index (χ0v) is 22.7. The molecule has 0 bridgehead atoms. The fourth-order valence-corrected chi connectivity index (χ4v) is 5.14. The van der Waals surface area contributed by atoms with Crippen LogP contribution in [-0.2, 0) is 13.6 Å². The number of hydrogen-bond acceptors (Lipinski definition) is 9. The van der Waals surface area contributed by atoms with Crippen LogP contribution in [0.3, 0.4) is 0 Å². The van der Waals surface area contributed by atoms with Gasteiger partial charge in [-0.25, -0.2) is 14.5 Å². The van der Waals surface area contributed by atoms with Gasteiger partial charge in [0.1, 0.15) is 11.9 Å². The molecule has 40 heavy (non-hydrogen) atoms. The van der Waals surface area contributed by atoms with Crippen molar-refractivity contribution in [3.8, 4) is 40.0 Å². The van der Waals surface area contributed by atoms with Crippen molar-refractivity contribution in [3.63, 3.8) is 0 Å². The van der Waals surface area contributed by atoms with Gasteiger partial charge in [0.15, 0.2) is 5.75 Å². The summed E-state index contributed by atoms with van der Waals surface area (Å²) in [6.07, 6.45) is 11.0. The fourth-order valence-electron chi connectivity index (χ4n) is 5.14. The molecule has 0 aliphatic carbocycles. The monoisotopic (exact) mass is 535 g/mol. The van der Waals surface area contributed by atoms with Crippen molar-refractivity contribution in [2.24, 2.45) is 7.05 Å². The number of ether oxygens (including phenoxy) is 2. The molecule has 0 amide bonds. The summed E-state index contributed by atoms with van der Waals surface area (Å²) >= 11 is 0. The van der Waals surface area contributed by atoms with Crippen LogP contribution in [0.25, 0.3) is 27.8 Å². The molecular weight excluding hydrogens is 506 g/mol. The van der Waals surface area contributed by atoms with Gasteiger partial charge in [0, 0.05) is 86.8 Å². The van der Waals surface area contributed by atoms with Crippen LogP contribution in [0.1, 0.15) is 11.1 Å². The van der Waals surface area contributed by atoms with Gasteiger partial charge >= 0.3 is 0 Å². The van der Waals surface area contributed by atoms with Crippen LogP contribution < -0.4 is 14.4 Å². The van der Waals surface area contributed by atoms with Crippen LogP contribution in [0.5, 0.6) is 11.6 Å². The lowest BCUT2D eigenvalue weighted by Gasteiger charge is -2.35. The van der Waals surface area contributed by atoms with E-state index in [4.69, 9.17) is 14.5 Å². The maximum atomic E-state index is 9.71. The molecule has 6 rings (SSSR count). The van der Waals surface area contributed by atoms with Gasteiger partial charge in [0.25, 0.3) is 5.88 Å².